The van der Waals surface area contributed by atoms with E-state index in [1.54, 1.807) is 19.1 Å². The lowest BCUT2D eigenvalue weighted by molar-refractivity contribution is -0.142. The molecule has 0 saturated heterocycles. The fourth-order valence-electron chi connectivity index (χ4n) is 1.44. The summed E-state index contributed by atoms with van der Waals surface area (Å²) in [4.78, 5) is 22.3. The Balaban J connectivity index is 2.54. The number of carboxylic acid groups (broad SMARTS) is 1. The standard InChI is InChI=1S/C13H16ClNO4/c1-3-10(13(17)18)15-12(16)7-19-11-6-8(2)4-5-9(11)14/h4-6,10H,3,7H2,1-2H3,(H,15,16)(H,17,18). The highest BCUT2D eigenvalue weighted by molar-refractivity contribution is 6.32. The third kappa shape index (κ3) is 4.79. The molecule has 0 spiro atoms. The Morgan fingerprint density at radius 3 is 2.74 bits per heavy atom. The number of hydrogen-bond donors (Lipinski definition) is 2. The van der Waals surface area contributed by atoms with Gasteiger partial charge in [0.05, 0.1) is 5.02 Å². The quantitative estimate of drug-likeness (QED) is 0.838. The molecule has 1 atom stereocenters. The van der Waals surface area contributed by atoms with E-state index in [0.717, 1.165) is 5.56 Å². The third-order valence-electron chi connectivity index (χ3n) is 2.49. The monoisotopic (exact) mass is 285 g/mol. The van der Waals surface area contributed by atoms with E-state index in [0.29, 0.717) is 17.2 Å². The third-order valence-corrected chi connectivity index (χ3v) is 2.80. The fraction of sp³-hybridized carbons (Fsp3) is 0.385. The molecule has 0 aliphatic heterocycles. The number of halogens is 1. The second-order valence-corrected chi connectivity index (χ2v) is 4.50. The van der Waals surface area contributed by atoms with Crippen LogP contribution < -0.4 is 10.1 Å². The summed E-state index contributed by atoms with van der Waals surface area (Å²) in [5.41, 5.74) is 0.955. The number of carbonyl (C=O) groups excluding carboxylic acids is 1. The Labute approximate surface area is 116 Å². The Kier molecular flexibility index (Phi) is 5.63. The van der Waals surface area contributed by atoms with Crippen LogP contribution in [0.25, 0.3) is 0 Å². The van der Waals surface area contributed by atoms with Crippen molar-refractivity contribution in [2.24, 2.45) is 0 Å². The molecule has 0 fully saturated rings. The highest BCUT2D eigenvalue weighted by Crippen LogP contribution is 2.24. The number of carboxylic acids is 1. The zero-order valence-electron chi connectivity index (χ0n) is 10.8. The molecule has 1 aromatic carbocycles. The van der Waals surface area contributed by atoms with Crippen LogP contribution in [0, 0.1) is 6.92 Å². The first kappa shape index (κ1) is 15.3. The topological polar surface area (TPSA) is 75.6 Å². The zero-order chi connectivity index (χ0) is 14.4. The van der Waals surface area contributed by atoms with E-state index in [4.69, 9.17) is 21.4 Å². The molecule has 1 rings (SSSR count). The van der Waals surface area contributed by atoms with Crippen LogP contribution in [0.4, 0.5) is 0 Å². The summed E-state index contributed by atoms with van der Waals surface area (Å²) in [7, 11) is 0. The van der Waals surface area contributed by atoms with Crippen molar-refractivity contribution in [2.45, 2.75) is 26.3 Å². The summed E-state index contributed by atoms with van der Waals surface area (Å²) >= 11 is 5.91. The normalized spacial score (nSPS) is 11.7. The van der Waals surface area contributed by atoms with E-state index < -0.39 is 17.9 Å². The van der Waals surface area contributed by atoms with Crippen LogP contribution in [0.1, 0.15) is 18.9 Å². The molecule has 0 aromatic heterocycles. The summed E-state index contributed by atoms with van der Waals surface area (Å²) < 4.78 is 5.27. The van der Waals surface area contributed by atoms with Crippen molar-refractivity contribution >= 4 is 23.5 Å². The first-order chi connectivity index (χ1) is 8.93. The average Bonchev–Trinajstić information content (AvgIpc) is 2.36. The molecule has 1 aromatic rings. The average molecular weight is 286 g/mol. The van der Waals surface area contributed by atoms with Crippen molar-refractivity contribution in [3.63, 3.8) is 0 Å². The number of benzene rings is 1. The summed E-state index contributed by atoms with van der Waals surface area (Å²) in [5, 5.41) is 11.6. The maximum atomic E-state index is 11.5. The van der Waals surface area contributed by atoms with Gasteiger partial charge in [-0.15, -0.1) is 0 Å². The Hall–Kier alpha value is -1.75. The van der Waals surface area contributed by atoms with Gasteiger partial charge in [0.25, 0.3) is 5.91 Å². The van der Waals surface area contributed by atoms with Crippen LogP contribution in [0.2, 0.25) is 5.02 Å². The van der Waals surface area contributed by atoms with Gasteiger partial charge >= 0.3 is 5.97 Å². The van der Waals surface area contributed by atoms with Gasteiger partial charge in [-0.3, -0.25) is 4.79 Å². The van der Waals surface area contributed by atoms with Crippen LogP contribution >= 0.6 is 11.6 Å². The molecular formula is C13H16ClNO4. The van der Waals surface area contributed by atoms with E-state index >= 15 is 0 Å². The van der Waals surface area contributed by atoms with Crippen LogP contribution in [0.5, 0.6) is 5.75 Å². The van der Waals surface area contributed by atoms with E-state index in [9.17, 15) is 9.59 Å². The molecule has 0 aliphatic rings. The van der Waals surface area contributed by atoms with E-state index in [1.165, 1.54) is 0 Å². The van der Waals surface area contributed by atoms with Gasteiger partial charge in [-0.1, -0.05) is 24.6 Å². The minimum atomic E-state index is -1.07. The van der Waals surface area contributed by atoms with Crippen molar-refractivity contribution in [3.05, 3.63) is 28.8 Å². The van der Waals surface area contributed by atoms with Gasteiger partial charge in [-0.2, -0.15) is 0 Å². The van der Waals surface area contributed by atoms with Crippen molar-refractivity contribution < 1.29 is 19.4 Å². The summed E-state index contributed by atoms with van der Waals surface area (Å²) in [5.74, 6) is -1.16. The van der Waals surface area contributed by atoms with Gasteiger partial charge in [0, 0.05) is 0 Å². The molecule has 0 heterocycles. The van der Waals surface area contributed by atoms with Gasteiger partial charge in [0.15, 0.2) is 6.61 Å². The second kappa shape index (κ2) is 6.99. The van der Waals surface area contributed by atoms with Crippen molar-refractivity contribution in [2.75, 3.05) is 6.61 Å². The molecule has 1 amide bonds. The first-order valence-electron chi connectivity index (χ1n) is 5.85. The molecule has 0 radical (unpaired) electrons. The predicted octanol–water partition coefficient (Wildman–Crippen LogP) is 2.01. The largest absolute Gasteiger partial charge is 0.482 e. The lowest BCUT2D eigenvalue weighted by Crippen LogP contribution is -2.42. The number of nitrogens with one attached hydrogen (secondary N) is 1. The van der Waals surface area contributed by atoms with Gasteiger partial charge < -0.3 is 15.2 Å². The molecule has 19 heavy (non-hydrogen) atoms. The predicted molar refractivity (Wildman–Crippen MR) is 71.5 cm³/mol. The summed E-state index contributed by atoms with van der Waals surface area (Å²) in [6.45, 7) is 3.28. The highest BCUT2D eigenvalue weighted by Gasteiger charge is 2.17. The lowest BCUT2D eigenvalue weighted by Gasteiger charge is -2.13. The maximum Gasteiger partial charge on any atom is 0.326 e. The number of aliphatic carboxylic acids is 1. The number of aryl methyl sites for hydroxylation is 1. The van der Waals surface area contributed by atoms with E-state index in [2.05, 4.69) is 5.32 Å². The smallest absolute Gasteiger partial charge is 0.326 e. The van der Waals surface area contributed by atoms with Gasteiger partial charge in [-0.05, 0) is 31.0 Å². The maximum absolute atomic E-state index is 11.5. The van der Waals surface area contributed by atoms with E-state index in [-0.39, 0.29) is 6.61 Å². The lowest BCUT2D eigenvalue weighted by atomic mass is 10.2. The molecule has 0 saturated carbocycles. The fourth-order valence-corrected chi connectivity index (χ4v) is 1.61. The second-order valence-electron chi connectivity index (χ2n) is 4.09. The molecule has 6 heteroatoms. The molecule has 5 nitrogen and oxygen atoms in total. The molecule has 1 unspecified atom stereocenters. The molecule has 0 bridgehead atoms. The Morgan fingerprint density at radius 1 is 1.47 bits per heavy atom. The Bertz CT molecular complexity index is 476. The van der Waals surface area contributed by atoms with Crippen LogP contribution in [-0.4, -0.2) is 29.6 Å². The molecule has 2 N–H and O–H groups in total. The first-order valence-corrected chi connectivity index (χ1v) is 6.23. The minimum Gasteiger partial charge on any atom is -0.482 e. The number of rotatable bonds is 6. The number of carbonyl (C=O) groups is 2. The van der Waals surface area contributed by atoms with Gasteiger partial charge in [-0.25, -0.2) is 4.79 Å². The van der Waals surface area contributed by atoms with Crippen LogP contribution in [-0.2, 0) is 9.59 Å². The van der Waals surface area contributed by atoms with Crippen LogP contribution in [0.3, 0.4) is 0 Å². The highest BCUT2D eigenvalue weighted by atomic mass is 35.5. The number of hydrogen-bond acceptors (Lipinski definition) is 3. The summed E-state index contributed by atoms with van der Waals surface area (Å²) in [6.07, 6.45) is 0.312. The molecule has 0 aliphatic carbocycles. The summed E-state index contributed by atoms with van der Waals surface area (Å²) in [6, 6.07) is 4.32. The molecular weight excluding hydrogens is 270 g/mol. The minimum absolute atomic E-state index is 0.271. The zero-order valence-corrected chi connectivity index (χ0v) is 11.5. The van der Waals surface area contributed by atoms with Gasteiger partial charge in [0.1, 0.15) is 11.8 Å². The van der Waals surface area contributed by atoms with E-state index in [1.807, 2.05) is 13.0 Å². The Morgan fingerprint density at radius 2 is 2.16 bits per heavy atom. The number of amides is 1. The number of ether oxygens (including phenoxy) is 1. The van der Waals surface area contributed by atoms with Crippen molar-refractivity contribution in [1.29, 1.82) is 0 Å². The van der Waals surface area contributed by atoms with Gasteiger partial charge in [0.2, 0.25) is 0 Å². The van der Waals surface area contributed by atoms with Crippen molar-refractivity contribution in [1.82, 2.24) is 5.32 Å². The SMILES string of the molecule is CCC(NC(=O)COc1cc(C)ccc1Cl)C(=O)O. The van der Waals surface area contributed by atoms with Crippen LogP contribution in [0.15, 0.2) is 18.2 Å². The molecule has 104 valence electrons. The van der Waals surface area contributed by atoms with Crippen molar-refractivity contribution in [3.8, 4) is 5.75 Å².